The van der Waals surface area contributed by atoms with Crippen LogP contribution in [0.4, 0.5) is 16.0 Å². The van der Waals surface area contributed by atoms with Gasteiger partial charge in [0.25, 0.3) is 0 Å². The molecule has 1 aliphatic rings. The topological polar surface area (TPSA) is 116 Å². The van der Waals surface area contributed by atoms with E-state index in [1.165, 1.54) is 12.3 Å². The molecule has 1 aromatic carbocycles. The molecule has 3 aromatic rings. The number of hydrogen-bond donors (Lipinski definition) is 3. The maximum atomic E-state index is 14.7. The first-order valence-electron chi connectivity index (χ1n) is 10.9. The van der Waals surface area contributed by atoms with Crippen molar-refractivity contribution in [1.82, 2.24) is 20.3 Å². The second kappa shape index (κ2) is 9.73. The van der Waals surface area contributed by atoms with Crippen LogP contribution in [-0.4, -0.2) is 27.9 Å². The number of carbonyl (C=O) groups is 1. The Morgan fingerprint density at radius 1 is 1.03 bits per heavy atom. The van der Waals surface area contributed by atoms with Gasteiger partial charge in [0.2, 0.25) is 11.9 Å². The van der Waals surface area contributed by atoms with Crippen molar-refractivity contribution >= 4 is 17.5 Å². The molecule has 0 atom stereocenters. The quantitative estimate of drug-likeness (QED) is 0.455. The van der Waals surface area contributed by atoms with Gasteiger partial charge in [0.1, 0.15) is 5.82 Å². The molecule has 2 heterocycles. The number of rotatable bonds is 8. The Kier molecular flexibility index (Phi) is 6.55. The summed E-state index contributed by atoms with van der Waals surface area (Å²) >= 11 is 0. The fourth-order valence-electron chi connectivity index (χ4n) is 3.35. The number of allylic oxidation sites excluding steroid dienone is 2. The van der Waals surface area contributed by atoms with Crippen molar-refractivity contribution < 1.29 is 9.18 Å². The van der Waals surface area contributed by atoms with E-state index in [2.05, 4.69) is 37.0 Å². The van der Waals surface area contributed by atoms with Gasteiger partial charge in [-0.1, -0.05) is 12.1 Å². The standard InChI is InChI=1S/C26H24FN7O/c1-26(2,15-28)23-7-6-19(14-30-23)33-24(35)9-17-5-4-16(8-22(17)27)18-12-31-25(32-13-18)34-21-10-20(11-21)29-3/h4-8,10-14,29H,9H2,1-3H3,(H,33,35)(H,31,32,34). The second-order valence-corrected chi connectivity index (χ2v) is 8.57. The van der Waals surface area contributed by atoms with E-state index in [1.54, 1.807) is 50.5 Å². The SMILES string of the molecule is CNC1=CC(Nc2ncc(-c3ccc(CC(=O)Nc4ccc(C(C)(C)C#N)nc4)c(F)c3)cn2)=C1. The number of hydrogen-bond acceptors (Lipinski definition) is 7. The summed E-state index contributed by atoms with van der Waals surface area (Å²) < 4.78 is 14.7. The third-order valence-corrected chi connectivity index (χ3v) is 5.52. The number of carbonyl (C=O) groups excluding carboxylic acids is 1. The van der Waals surface area contributed by atoms with Crippen LogP contribution in [0.3, 0.4) is 0 Å². The molecule has 3 N–H and O–H groups in total. The van der Waals surface area contributed by atoms with Crippen molar-refractivity contribution in [2.75, 3.05) is 17.7 Å². The number of halogens is 1. The highest BCUT2D eigenvalue weighted by atomic mass is 19.1. The smallest absolute Gasteiger partial charge is 0.228 e. The summed E-state index contributed by atoms with van der Waals surface area (Å²) in [4.78, 5) is 25.2. The molecule has 0 unspecified atom stereocenters. The minimum atomic E-state index is -0.725. The molecule has 0 radical (unpaired) electrons. The molecule has 0 bridgehead atoms. The lowest BCUT2D eigenvalue weighted by atomic mass is 9.91. The molecule has 4 rings (SSSR count). The zero-order valence-corrected chi connectivity index (χ0v) is 19.6. The van der Waals surface area contributed by atoms with Gasteiger partial charge in [-0.15, -0.1) is 0 Å². The number of benzene rings is 1. The number of nitrogens with zero attached hydrogens (tertiary/aromatic N) is 4. The number of aromatic nitrogens is 3. The number of nitriles is 1. The average molecular weight is 470 g/mol. The van der Waals surface area contributed by atoms with Crippen LogP contribution in [0.2, 0.25) is 0 Å². The Balaban J connectivity index is 1.36. The Hall–Kier alpha value is -4.58. The van der Waals surface area contributed by atoms with Crippen LogP contribution in [0.1, 0.15) is 25.1 Å². The van der Waals surface area contributed by atoms with E-state index in [0.717, 1.165) is 11.4 Å². The van der Waals surface area contributed by atoms with Crippen LogP contribution in [-0.2, 0) is 16.6 Å². The van der Waals surface area contributed by atoms with Crippen LogP contribution in [0.15, 0.2) is 72.5 Å². The Labute approximate surface area is 202 Å². The first-order chi connectivity index (χ1) is 16.8. The molecular weight excluding hydrogens is 445 g/mol. The summed E-state index contributed by atoms with van der Waals surface area (Å²) in [5, 5.41) is 18.0. The highest BCUT2D eigenvalue weighted by Crippen LogP contribution is 2.24. The largest absolute Gasteiger partial charge is 0.388 e. The van der Waals surface area contributed by atoms with Crippen molar-refractivity contribution in [3.63, 3.8) is 0 Å². The molecule has 0 fully saturated rings. The molecule has 0 spiro atoms. The van der Waals surface area contributed by atoms with Gasteiger partial charge in [0, 0.05) is 36.4 Å². The zero-order valence-electron chi connectivity index (χ0n) is 19.6. The van der Waals surface area contributed by atoms with Gasteiger partial charge >= 0.3 is 0 Å². The summed E-state index contributed by atoms with van der Waals surface area (Å²) in [5.74, 6) is -0.419. The Bertz CT molecular complexity index is 1350. The van der Waals surface area contributed by atoms with Crippen molar-refractivity contribution in [3.8, 4) is 17.2 Å². The van der Waals surface area contributed by atoms with E-state index in [0.29, 0.717) is 28.5 Å². The number of likely N-dealkylation sites (N-methyl/N-ethyl adjacent to an activating group) is 1. The van der Waals surface area contributed by atoms with Crippen LogP contribution in [0, 0.1) is 17.1 Å². The molecule has 0 saturated carbocycles. The number of pyridine rings is 1. The van der Waals surface area contributed by atoms with Crippen LogP contribution < -0.4 is 16.0 Å². The first kappa shape index (κ1) is 23.6. The summed E-state index contributed by atoms with van der Waals surface area (Å²) in [7, 11) is 1.84. The van der Waals surface area contributed by atoms with Gasteiger partial charge in [0.05, 0.1) is 35.5 Å². The van der Waals surface area contributed by atoms with Crippen LogP contribution in [0.25, 0.3) is 11.1 Å². The molecule has 1 aliphatic carbocycles. The summed E-state index contributed by atoms with van der Waals surface area (Å²) in [6.45, 7) is 3.53. The maximum absolute atomic E-state index is 14.7. The predicted molar refractivity (Wildman–Crippen MR) is 131 cm³/mol. The van der Waals surface area contributed by atoms with Crippen molar-refractivity contribution in [1.29, 1.82) is 5.26 Å². The second-order valence-electron chi connectivity index (χ2n) is 8.57. The third-order valence-electron chi connectivity index (χ3n) is 5.52. The highest BCUT2D eigenvalue weighted by Gasteiger charge is 2.21. The van der Waals surface area contributed by atoms with E-state index >= 15 is 0 Å². The molecule has 0 saturated heterocycles. The normalized spacial score (nSPS) is 12.5. The average Bonchev–Trinajstić information content (AvgIpc) is 2.83. The molecule has 1 amide bonds. The lowest BCUT2D eigenvalue weighted by molar-refractivity contribution is -0.115. The lowest BCUT2D eigenvalue weighted by Crippen LogP contribution is -2.18. The van der Waals surface area contributed by atoms with Crippen molar-refractivity contribution in [2.45, 2.75) is 25.7 Å². The van der Waals surface area contributed by atoms with E-state index in [4.69, 9.17) is 0 Å². The van der Waals surface area contributed by atoms with Crippen LogP contribution in [0.5, 0.6) is 0 Å². The van der Waals surface area contributed by atoms with E-state index < -0.39 is 11.2 Å². The van der Waals surface area contributed by atoms with E-state index in [1.807, 2.05) is 19.2 Å². The molecule has 2 aromatic heterocycles. The summed E-state index contributed by atoms with van der Waals surface area (Å²) in [6, 6.07) is 10.2. The van der Waals surface area contributed by atoms with Crippen LogP contribution >= 0.6 is 0 Å². The molecule has 8 nitrogen and oxygen atoms in total. The monoisotopic (exact) mass is 469 g/mol. The molecule has 35 heavy (non-hydrogen) atoms. The van der Waals surface area contributed by atoms with Crippen molar-refractivity contribution in [3.05, 3.63) is 89.5 Å². The summed E-state index contributed by atoms with van der Waals surface area (Å²) in [6.07, 6.45) is 8.45. The fourth-order valence-corrected chi connectivity index (χ4v) is 3.35. The van der Waals surface area contributed by atoms with Gasteiger partial charge in [0.15, 0.2) is 0 Å². The van der Waals surface area contributed by atoms with E-state index in [9.17, 15) is 14.4 Å². The molecule has 0 aliphatic heterocycles. The van der Waals surface area contributed by atoms with Gasteiger partial charge in [-0.3, -0.25) is 9.78 Å². The fraction of sp³-hybridized carbons (Fsp3) is 0.192. The van der Waals surface area contributed by atoms with Gasteiger partial charge in [-0.05, 0) is 55.3 Å². The summed E-state index contributed by atoms with van der Waals surface area (Å²) in [5.41, 5.74) is 3.81. The first-order valence-corrected chi connectivity index (χ1v) is 10.9. The number of nitrogens with one attached hydrogen (secondary N) is 3. The molecule has 176 valence electrons. The number of amides is 1. The van der Waals surface area contributed by atoms with E-state index in [-0.39, 0.29) is 17.9 Å². The highest BCUT2D eigenvalue weighted by molar-refractivity contribution is 5.92. The molecule has 9 heteroatoms. The van der Waals surface area contributed by atoms with Crippen molar-refractivity contribution in [2.24, 2.45) is 0 Å². The third kappa shape index (κ3) is 5.50. The van der Waals surface area contributed by atoms with Gasteiger partial charge in [-0.2, -0.15) is 5.26 Å². The van der Waals surface area contributed by atoms with Gasteiger partial charge < -0.3 is 16.0 Å². The molecular formula is C26H24FN7O. The predicted octanol–water partition coefficient (Wildman–Crippen LogP) is 4.07. The number of anilines is 2. The Morgan fingerprint density at radius 3 is 2.37 bits per heavy atom. The lowest BCUT2D eigenvalue weighted by Gasteiger charge is -2.15. The zero-order chi connectivity index (χ0) is 25.0. The maximum Gasteiger partial charge on any atom is 0.228 e. The van der Waals surface area contributed by atoms with Gasteiger partial charge in [-0.25, -0.2) is 14.4 Å². The Morgan fingerprint density at radius 2 is 1.77 bits per heavy atom. The minimum Gasteiger partial charge on any atom is -0.388 e. The minimum absolute atomic E-state index is 0.131.